The molecule has 0 heterocycles. The van der Waals surface area contributed by atoms with Crippen molar-refractivity contribution in [2.75, 3.05) is 4.90 Å². The minimum atomic E-state index is -2.49. The van der Waals surface area contributed by atoms with Crippen LogP contribution in [0.1, 0.15) is 52.5 Å². The molecule has 4 aromatic rings. The van der Waals surface area contributed by atoms with Crippen molar-refractivity contribution in [2.45, 2.75) is 47.0 Å². The lowest BCUT2D eigenvalue weighted by molar-refractivity contribution is 0.241. The van der Waals surface area contributed by atoms with Gasteiger partial charge < -0.3 is 9.64 Å². The highest BCUT2D eigenvalue weighted by molar-refractivity contribution is 5.98. The highest BCUT2D eigenvalue weighted by Gasteiger charge is 2.27. The number of ether oxygens (including phenoxy) is 1. The van der Waals surface area contributed by atoms with Crippen molar-refractivity contribution in [3.63, 3.8) is 0 Å². The highest BCUT2D eigenvalue weighted by atomic mass is 19.3. The van der Waals surface area contributed by atoms with Gasteiger partial charge in [0.25, 0.3) is 0 Å². The average Bonchev–Trinajstić information content (AvgIpc) is 2.88. The molecule has 0 saturated carbocycles. The first-order valence-corrected chi connectivity index (χ1v) is 12.9. The summed E-state index contributed by atoms with van der Waals surface area (Å²) in [7, 11) is 0. The van der Waals surface area contributed by atoms with Gasteiger partial charge in [0.1, 0.15) is 5.75 Å². The summed E-state index contributed by atoms with van der Waals surface area (Å²) in [5.41, 5.74) is 4.14. The Morgan fingerprint density at radius 2 is 1.34 bits per heavy atom. The topological polar surface area (TPSA) is 12.5 Å². The Balaban J connectivity index is 1.80. The fourth-order valence-electron chi connectivity index (χ4n) is 4.95. The molecule has 0 N–H and O–H groups in total. The zero-order valence-electron chi connectivity index (χ0n) is 22.5. The van der Waals surface area contributed by atoms with Crippen molar-refractivity contribution in [1.82, 2.24) is 0 Å². The first kappa shape index (κ1) is 27.3. The number of anilines is 3. The van der Waals surface area contributed by atoms with E-state index in [9.17, 15) is 13.2 Å². The molecule has 0 amide bonds. The first-order valence-electron chi connectivity index (χ1n) is 12.9. The molecule has 2 nitrogen and oxygen atoms in total. The van der Waals surface area contributed by atoms with E-state index in [0.717, 1.165) is 34.3 Å². The second-order valence-corrected chi connectivity index (χ2v) is 11.1. The van der Waals surface area contributed by atoms with Gasteiger partial charge in [-0.25, -0.2) is 0 Å². The van der Waals surface area contributed by atoms with Gasteiger partial charge in [0.05, 0.1) is 5.69 Å². The third kappa shape index (κ3) is 6.21. The molecule has 0 spiro atoms. The van der Waals surface area contributed by atoms with E-state index >= 15 is 0 Å². The largest absolute Gasteiger partial charge is 0.428 e. The Hall–Kier alpha value is -3.73. The number of halogens is 3. The molecule has 0 bridgehead atoms. The summed E-state index contributed by atoms with van der Waals surface area (Å²) in [5.74, 6) is 0.990. The van der Waals surface area contributed by atoms with Crippen LogP contribution in [0.2, 0.25) is 0 Å². The monoisotopic (exact) mass is 517 g/mol. The van der Waals surface area contributed by atoms with Gasteiger partial charge in [-0.3, -0.25) is 0 Å². The number of hydrogen-bond acceptors (Lipinski definition) is 2. The number of fused-ring (bicyclic) bond motifs is 1. The van der Waals surface area contributed by atoms with E-state index < -0.39 is 12.1 Å². The van der Waals surface area contributed by atoms with Gasteiger partial charge in [-0.2, -0.15) is 13.2 Å². The normalized spacial score (nSPS) is 12.4. The van der Waals surface area contributed by atoms with Crippen LogP contribution >= 0.6 is 0 Å². The molecule has 0 radical (unpaired) electrons. The Labute approximate surface area is 223 Å². The fourth-order valence-corrected chi connectivity index (χ4v) is 4.95. The van der Waals surface area contributed by atoms with Crippen molar-refractivity contribution in [2.24, 2.45) is 11.3 Å². The highest BCUT2D eigenvalue weighted by Crippen LogP contribution is 2.43. The fraction of sp³-hybridized carbons (Fsp3) is 0.273. The molecule has 0 aliphatic heterocycles. The lowest BCUT2D eigenvalue weighted by Crippen LogP contribution is -2.20. The van der Waals surface area contributed by atoms with Crippen molar-refractivity contribution in [3.05, 3.63) is 109 Å². The van der Waals surface area contributed by atoms with Gasteiger partial charge in [-0.1, -0.05) is 83.1 Å². The van der Waals surface area contributed by atoms with Gasteiger partial charge in [-0.15, -0.1) is 0 Å². The molecular formula is C33H34F3NO. The van der Waals surface area contributed by atoms with Crippen LogP contribution < -0.4 is 9.64 Å². The van der Waals surface area contributed by atoms with Crippen LogP contribution in [-0.2, 0) is 0 Å². The van der Waals surface area contributed by atoms with Crippen molar-refractivity contribution in [1.29, 1.82) is 0 Å². The van der Waals surface area contributed by atoms with Gasteiger partial charge in [0.2, 0.25) is 0 Å². The van der Waals surface area contributed by atoms with Crippen molar-refractivity contribution < 1.29 is 17.9 Å². The zero-order chi connectivity index (χ0) is 27.4. The van der Waals surface area contributed by atoms with E-state index in [1.807, 2.05) is 18.2 Å². The Morgan fingerprint density at radius 1 is 0.763 bits per heavy atom. The molecule has 1 atom stereocenters. The third-order valence-corrected chi connectivity index (χ3v) is 6.76. The smallest absolute Gasteiger partial charge is 0.344 e. The number of benzene rings is 4. The second-order valence-electron chi connectivity index (χ2n) is 11.1. The number of hydrogen-bond donors (Lipinski definition) is 0. The van der Waals surface area contributed by atoms with E-state index in [4.69, 9.17) is 0 Å². The van der Waals surface area contributed by atoms with Gasteiger partial charge in [-0.05, 0) is 77.1 Å². The lowest BCUT2D eigenvalue weighted by Gasteiger charge is -2.33. The molecule has 4 rings (SSSR count). The third-order valence-electron chi connectivity index (χ3n) is 6.76. The number of nitrogens with zero attached hydrogens (tertiary/aromatic N) is 1. The molecule has 198 valence electrons. The predicted molar refractivity (Wildman–Crippen MR) is 151 cm³/mol. The van der Waals surface area contributed by atoms with Gasteiger partial charge in [0.15, 0.2) is 0 Å². The van der Waals surface area contributed by atoms with Crippen LogP contribution in [0.15, 0.2) is 103 Å². The molecule has 0 aromatic heterocycles. The second kappa shape index (κ2) is 11.3. The van der Waals surface area contributed by atoms with Crippen molar-refractivity contribution >= 4 is 27.8 Å². The van der Waals surface area contributed by atoms with Crippen molar-refractivity contribution in [3.8, 4) is 5.75 Å². The molecule has 1 unspecified atom stereocenters. The van der Waals surface area contributed by atoms with E-state index in [-0.39, 0.29) is 11.2 Å². The first-order chi connectivity index (χ1) is 18.0. The maximum absolute atomic E-state index is 13.3. The summed E-state index contributed by atoms with van der Waals surface area (Å²) in [6, 6.07) is 27.5. The van der Waals surface area contributed by atoms with Crippen LogP contribution in [0, 0.1) is 11.3 Å². The van der Waals surface area contributed by atoms with E-state index in [1.54, 1.807) is 12.1 Å². The Morgan fingerprint density at radius 3 is 1.92 bits per heavy atom. The number of rotatable bonds is 8. The standard InChI is InChI=1S/C33H34F3NO/c1-22(2)21-29(33(3,4)5)24-13-15-25(16-14-24)37(30-12-8-10-23-9-6-7-11-28(23)30)26-17-19-27(20-18-26)38-32(36)31(34)35/h6-20,22,29H,21H2,1-5H3. The molecule has 0 fully saturated rings. The maximum Gasteiger partial charge on any atom is 0.344 e. The minimum absolute atomic E-state index is 0.00558. The van der Waals surface area contributed by atoms with E-state index in [0.29, 0.717) is 11.8 Å². The minimum Gasteiger partial charge on any atom is -0.428 e. The summed E-state index contributed by atoms with van der Waals surface area (Å²) in [5, 5.41) is 2.17. The summed E-state index contributed by atoms with van der Waals surface area (Å²) >= 11 is 0. The summed E-state index contributed by atoms with van der Waals surface area (Å²) in [6.07, 6.45) is -1.39. The molecule has 38 heavy (non-hydrogen) atoms. The quantitative estimate of drug-likeness (QED) is 0.216. The molecule has 5 heteroatoms. The van der Waals surface area contributed by atoms with Crippen LogP contribution in [0.4, 0.5) is 30.2 Å². The average molecular weight is 518 g/mol. The molecular weight excluding hydrogens is 483 g/mol. The van der Waals surface area contributed by atoms with E-state index in [2.05, 4.69) is 92.8 Å². The summed E-state index contributed by atoms with van der Waals surface area (Å²) < 4.78 is 43.0. The zero-order valence-corrected chi connectivity index (χ0v) is 22.5. The summed E-state index contributed by atoms with van der Waals surface area (Å²) in [6.45, 7) is 11.4. The van der Waals surface area contributed by atoms with Crippen LogP contribution in [0.5, 0.6) is 5.75 Å². The van der Waals surface area contributed by atoms with Crippen LogP contribution in [-0.4, -0.2) is 0 Å². The summed E-state index contributed by atoms with van der Waals surface area (Å²) in [4.78, 5) is 2.12. The van der Waals surface area contributed by atoms with Gasteiger partial charge >= 0.3 is 12.1 Å². The SMILES string of the molecule is CC(C)CC(c1ccc(N(c2ccc(OC(F)=C(F)F)cc2)c2cccc3ccccc23)cc1)C(C)(C)C. The Kier molecular flexibility index (Phi) is 8.15. The molecule has 0 aliphatic rings. The Bertz CT molecular complexity index is 1390. The van der Waals surface area contributed by atoms with E-state index in [1.165, 1.54) is 17.7 Å². The van der Waals surface area contributed by atoms with Crippen LogP contribution in [0.3, 0.4) is 0 Å². The predicted octanol–water partition coefficient (Wildman–Crippen LogP) is 10.9. The molecule has 4 aromatic carbocycles. The maximum atomic E-state index is 13.3. The lowest BCUT2D eigenvalue weighted by atomic mass is 9.72. The van der Waals surface area contributed by atoms with Crippen LogP contribution in [0.25, 0.3) is 10.8 Å². The molecule has 0 aliphatic carbocycles. The molecule has 0 saturated heterocycles. The van der Waals surface area contributed by atoms with Gasteiger partial charge in [0, 0.05) is 16.8 Å².